The highest BCUT2D eigenvalue weighted by molar-refractivity contribution is 6.36. The van der Waals surface area contributed by atoms with Gasteiger partial charge in [0.25, 0.3) is 0 Å². The molecule has 0 aliphatic heterocycles. The lowest BCUT2D eigenvalue weighted by atomic mass is 10.3. The Morgan fingerprint density at radius 1 is 1.29 bits per heavy atom. The minimum absolute atomic E-state index is 0.112. The van der Waals surface area contributed by atoms with Crippen molar-refractivity contribution in [3.05, 3.63) is 24.3 Å². The fourth-order valence-electron chi connectivity index (χ4n) is 0.956. The third-order valence-electron chi connectivity index (χ3n) is 1.52. The molecule has 0 atom stereocenters. The van der Waals surface area contributed by atoms with Gasteiger partial charge in [-0.2, -0.15) is 0 Å². The smallest absolute Gasteiger partial charge is 0.474 e. The molecule has 0 aliphatic rings. The molecule has 0 spiro atoms. The molecule has 1 rings (SSSR count). The number of carboxylic acids is 1. The number of hydrogen-bond acceptors (Lipinski definition) is 3. The van der Waals surface area contributed by atoms with Crippen molar-refractivity contribution in [1.29, 1.82) is 0 Å². The van der Waals surface area contributed by atoms with Gasteiger partial charge in [0.1, 0.15) is 5.75 Å². The molecule has 0 aliphatic carbocycles. The van der Waals surface area contributed by atoms with E-state index in [1.807, 2.05) is 5.32 Å². The number of carboxylic acid groups (broad SMARTS) is 1. The zero-order valence-corrected chi connectivity index (χ0v) is 8.12. The maximum atomic E-state index is 11.9. The van der Waals surface area contributed by atoms with Gasteiger partial charge in [0.15, 0.2) is 0 Å². The number of halogens is 3. The first kappa shape index (κ1) is 12.8. The average Bonchev–Trinajstić information content (AvgIpc) is 2.15. The van der Waals surface area contributed by atoms with E-state index in [9.17, 15) is 22.8 Å². The highest BCUT2D eigenvalue weighted by Crippen LogP contribution is 2.24. The molecule has 1 aromatic rings. The van der Waals surface area contributed by atoms with Crippen LogP contribution in [0.1, 0.15) is 0 Å². The number of carbonyl (C=O) groups excluding carboxylic acids is 1. The van der Waals surface area contributed by atoms with Crippen LogP contribution in [0.3, 0.4) is 0 Å². The third-order valence-corrected chi connectivity index (χ3v) is 1.52. The Bertz CT molecular complexity index is 444. The second-order valence-electron chi connectivity index (χ2n) is 2.83. The minimum Gasteiger partial charge on any atom is -0.474 e. The number of aliphatic carboxylic acids is 1. The fraction of sp³-hybridized carbons (Fsp3) is 0.111. The molecule has 0 fully saturated rings. The molecule has 0 aromatic heterocycles. The van der Waals surface area contributed by atoms with Gasteiger partial charge in [-0.25, -0.2) is 4.79 Å². The molecule has 5 nitrogen and oxygen atoms in total. The minimum atomic E-state index is -4.85. The zero-order valence-electron chi connectivity index (χ0n) is 8.12. The molecule has 0 heterocycles. The first-order valence-corrected chi connectivity index (χ1v) is 4.18. The molecule has 0 bridgehead atoms. The Balaban J connectivity index is 2.79. The van der Waals surface area contributed by atoms with Crippen molar-refractivity contribution >= 4 is 17.6 Å². The van der Waals surface area contributed by atoms with Crippen molar-refractivity contribution < 1.29 is 32.6 Å². The maximum absolute atomic E-state index is 11.9. The SMILES string of the molecule is O=C(O)C(=O)Nc1cccc(OC(F)(F)F)c1. The lowest BCUT2D eigenvalue weighted by Gasteiger charge is -2.09. The van der Waals surface area contributed by atoms with Gasteiger partial charge < -0.3 is 15.2 Å². The fourth-order valence-corrected chi connectivity index (χ4v) is 0.956. The van der Waals surface area contributed by atoms with E-state index in [2.05, 4.69) is 4.74 Å². The number of anilines is 1. The number of carbonyl (C=O) groups is 2. The number of rotatable bonds is 2. The van der Waals surface area contributed by atoms with Crippen molar-refractivity contribution in [3.63, 3.8) is 0 Å². The summed E-state index contributed by atoms with van der Waals surface area (Å²) in [5.74, 6) is -3.65. The summed E-state index contributed by atoms with van der Waals surface area (Å²) in [5, 5.41) is 10.2. The van der Waals surface area contributed by atoms with Crippen LogP contribution in [0.4, 0.5) is 18.9 Å². The molecule has 2 N–H and O–H groups in total. The number of amides is 1. The largest absolute Gasteiger partial charge is 0.573 e. The van der Waals surface area contributed by atoms with Crippen LogP contribution in [0.5, 0.6) is 5.75 Å². The number of alkyl halides is 3. The Hall–Kier alpha value is -2.25. The van der Waals surface area contributed by atoms with Gasteiger partial charge in [0, 0.05) is 11.8 Å². The van der Waals surface area contributed by atoms with Gasteiger partial charge in [-0.3, -0.25) is 4.79 Å². The first-order chi connectivity index (χ1) is 7.78. The van der Waals surface area contributed by atoms with E-state index < -0.39 is 24.0 Å². The van der Waals surface area contributed by atoms with Crippen molar-refractivity contribution in [2.24, 2.45) is 0 Å². The highest BCUT2D eigenvalue weighted by atomic mass is 19.4. The predicted molar refractivity (Wildman–Crippen MR) is 49.4 cm³/mol. The molecule has 0 saturated carbocycles. The molecule has 8 heteroatoms. The summed E-state index contributed by atoms with van der Waals surface area (Å²) in [6, 6.07) is 4.28. The van der Waals surface area contributed by atoms with Crippen LogP contribution in [-0.4, -0.2) is 23.3 Å². The third kappa shape index (κ3) is 4.41. The van der Waals surface area contributed by atoms with Gasteiger partial charge >= 0.3 is 18.2 Å². The van der Waals surface area contributed by atoms with E-state index in [4.69, 9.17) is 5.11 Å². The van der Waals surface area contributed by atoms with E-state index >= 15 is 0 Å². The average molecular weight is 249 g/mol. The first-order valence-electron chi connectivity index (χ1n) is 4.18. The zero-order chi connectivity index (χ0) is 13.1. The van der Waals surface area contributed by atoms with Crippen molar-refractivity contribution in [1.82, 2.24) is 0 Å². The summed E-state index contributed by atoms with van der Waals surface area (Å²) in [6.45, 7) is 0. The summed E-state index contributed by atoms with van der Waals surface area (Å²) < 4.78 is 39.2. The van der Waals surface area contributed by atoms with Crippen molar-refractivity contribution in [2.45, 2.75) is 6.36 Å². The Labute approximate surface area is 92.8 Å². The number of benzene rings is 1. The van der Waals surface area contributed by atoms with Crippen LogP contribution >= 0.6 is 0 Å². The maximum Gasteiger partial charge on any atom is 0.573 e. The standard InChI is InChI=1S/C9H6F3NO4/c10-9(11,12)17-6-3-1-2-5(4-6)13-7(14)8(15)16/h1-4H,(H,13,14)(H,15,16). The molecule has 0 saturated heterocycles. The molecule has 92 valence electrons. The van der Waals surface area contributed by atoms with Crippen LogP contribution in [0.25, 0.3) is 0 Å². The Morgan fingerprint density at radius 3 is 2.47 bits per heavy atom. The molecular weight excluding hydrogens is 243 g/mol. The van der Waals surface area contributed by atoms with Gasteiger partial charge in [0.2, 0.25) is 0 Å². The van der Waals surface area contributed by atoms with Gasteiger partial charge in [-0.05, 0) is 12.1 Å². The van der Waals surface area contributed by atoms with E-state index in [1.54, 1.807) is 0 Å². The van der Waals surface area contributed by atoms with Crippen molar-refractivity contribution in [3.8, 4) is 5.75 Å². The van der Waals surface area contributed by atoms with E-state index in [0.29, 0.717) is 0 Å². The summed E-state index contributed by atoms with van der Waals surface area (Å²) in [5.41, 5.74) is -0.112. The number of ether oxygens (including phenoxy) is 1. The topological polar surface area (TPSA) is 75.6 Å². The van der Waals surface area contributed by atoms with Crippen LogP contribution in [0.15, 0.2) is 24.3 Å². The summed E-state index contributed by atoms with van der Waals surface area (Å²) in [7, 11) is 0. The van der Waals surface area contributed by atoms with Gasteiger partial charge in [-0.1, -0.05) is 6.07 Å². The molecule has 0 radical (unpaired) electrons. The second kappa shape index (κ2) is 4.73. The van der Waals surface area contributed by atoms with Crippen LogP contribution < -0.4 is 10.1 Å². The summed E-state index contributed by atoms with van der Waals surface area (Å²) in [6.07, 6.45) is -4.85. The normalized spacial score (nSPS) is 10.8. The van der Waals surface area contributed by atoms with Crippen LogP contribution in [-0.2, 0) is 9.59 Å². The van der Waals surface area contributed by atoms with Gasteiger partial charge in [0.05, 0.1) is 0 Å². The van der Waals surface area contributed by atoms with Crippen LogP contribution in [0.2, 0.25) is 0 Å². The highest BCUT2D eigenvalue weighted by Gasteiger charge is 2.31. The van der Waals surface area contributed by atoms with Crippen LogP contribution in [0, 0.1) is 0 Å². The summed E-state index contributed by atoms with van der Waals surface area (Å²) in [4.78, 5) is 20.9. The molecule has 0 unspecified atom stereocenters. The number of nitrogens with one attached hydrogen (secondary N) is 1. The molecule has 1 amide bonds. The second-order valence-corrected chi connectivity index (χ2v) is 2.83. The lowest BCUT2D eigenvalue weighted by molar-refractivity contribution is -0.274. The van der Waals surface area contributed by atoms with Gasteiger partial charge in [-0.15, -0.1) is 13.2 Å². The quantitative estimate of drug-likeness (QED) is 0.780. The Morgan fingerprint density at radius 2 is 1.94 bits per heavy atom. The lowest BCUT2D eigenvalue weighted by Crippen LogP contribution is -2.22. The van der Waals surface area contributed by atoms with Crippen molar-refractivity contribution in [2.75, 3.05) is 5.32 Å². The molecule has 17 heavy (non-hydrogen) atoms. The Kier molecular flexibility index (Phi) is 3.56. The monoisotopic (exact) mass is 249 g/mol. The van der Waals surface area contributed by atoms with E-state index in [0.717, 1.165) is 12.1 Å². The van der Waals surface area contributed by atoms with E-state index in [-0.39, 0.29) is 5.69 Å². The molecule has 1 aromatic carbocycles. The number of hydrogen-bond donors (Lipinski definition) is 2. The summed E-state index contributed by atoms with van der Waals surface area (Å²) >= 11 is 0. The molecular formula is C9H6F3NO4. The predicted octanol–water partition coefficient (Wildman–Crippen LogP) is 1.61. The van der Waals surface area contributed by atoms with E-state index in [1.165, 1.54) is 12.1 Å².